The number of benzene rings is 2. The maximum Gasteiger partial charge on any atom is 0.264 e. The second kappa shape index (κ2) is 8.73. The van der Waals surface area contributed by atoms with E-state index in [1.165, 1.54) is 47.9 Å². The summed E-state index contributed by atoms with van der Waals surface area (Å²) in [7, 11) is -4.37. The average molecular weight is 502 g/mol. The third-order valence-electron chi connectivity index (χ3n) is 4.80. The van der Waals surface area contributed by atoms with Crippen LogP contribution < -0.4 is 10.5 Å². The Kier molecular flexibility index (Phi) is 6.09. The number of halogens is 2. The topological polar surface area (TPSA) is 111 Å². The molecule has 0 aliphatic heterocycles. The Morgan fingerprint density at radius 1 is 1.00 bits per heavy atom. The van der Waals surface area contributed by atoms with Crippen LogP contribution >= 0.6 is 11.3 Å². The zero-order valence-corrected chi connectivity index (χ0v) is 20.1. The molecule has 0 spiro atoms. The highest BCUT2D eigenvalue weighted by atomic mass is 32.2. The van der Waals surface area contributed by atoms with Gasteiger partial charge in [-0.25, -0.2) is 32.2 Å². The van der Waals surface area contributed by atoms with E-state index in [2.05, 4.69) is 19.7 Å². The monoisotopic (exact) mass is 501 g/mol. The van der Waals surface area contributed by atoms with Crippen molar-refractivity contribution >= 4 is 33.0 Å². The number of hydrogen-bond donors (Lipinski definition) is 2. The summed E-state index contributed by atoms with van der Waals surface area (Å²) in [6.07, 6.45) is 1.49. The molecule has 34 heavy (non-hydrogen) atoms. The second-order valence-electron chi connectivity index (χ2n) is 8.45. The first kappa shape index (κ1) is 23.7. The first-order valence-electron chi connectivity index (χ1n) is 10.1. The number of aromatic nitrogens is 3. The predicted octanol–water partition coefficient (Wildman–Crippen LogP) is 5.23. The first-order valence-corrected chi connectivity index (χ1v) is 12.4. The second-order valence-corrected chi connectivity index (χ2v) is 11.1. The van der Waals surface area contributed by atoms with Gasteiger partial charge in [0.05, 0.1) is 27.0 Å². The minimum Gasteiger partial charge on any atom is -0.368 e. The SMILES string of the molecule is CC(C)(C)c1nc(-c2cccc(NS(=O)(=O)c3ccccc3F)c2F)c(-c2ccnc(N)n2)s1. The summed E-state index contributed by atoms with van der Waals surface area (Å²) in [4.78, 5) is 12.8. The molecule has 0 atom stereocenters. The Labute approximate surface area is 199 Å². The van der Waals surface area contributed by atoms with E-state index >= 15 is 4.39 Å². The smallest absolute Gasteiger partial charge is 0.264 e. The summed E-state index contributed by atoms with van der Waals surface area (Å²) in [5, 5.41) is 0.728. The van der Waals surface area contributed by atoms with Crippen molar-refractivity contribution in [1.29, 1.82) is 0 Å². The molecule has 2 aromatic carbocycles. The molecule has 0 saturated carbocycles. The quantitative estimate of drug-likeness (QED) is 0.388. The maximum absolute atomic E-state index is 15.7. The number of anilines is 2. The number of nitrogens with two attached hydrogens (primary N) is 1. The molecule has 0 amide bonds. The van der Waals surface area contributed by atoms with Crippen molar-refractivity contribution in [3.63, 3.8) is 0 Å². The van der Waals surface area contributed by atoms with Gasteiger partial charge < -0.3 is 5.73 Å². The summed E-state index contributed by atoms with van der Waals surface area (Å²) in [5.74, 6) is -1.73. The van der Waals surface area contributed by atoms with Crippen molar-refractivity contribution in [3.05, 3.63) is 71.4 Å². The summed E-state index contributed by atoms with van der Waals surface area (Å²) < 4.78 is 57.3. The zero-order chi connectivity index (χ0) is 24.7. The Hall–Kier alpha value is -3.44. The predicted molar refractivity (Wildman–Crippen MR) is 129 cm³/mol. The fourth-order valence-electron chi connectivity index (χ4n) is 3.15. The van der Waals surface area contributed by atoms with E-state index in [4.69, 9.17) is 5.73 Å². The van der Waals surface area contributed by atoms with Gasteiger partial charge in [-0.3, -0.25) is 4.72 Å². The summed E-state index contributed by atoms with van der Waals surface area (Å²) >= 11 is 1.34. The minimum atomic E-state index is -4.37. The molecule has 0 unspecified atom stereocenters. The highest BCUT2D eigenvalue weighted by molar-refractivity contribution is 7.92. The lowest BCUT2D eigenvalue weighted by Gasteiger charge is -2.14. The van der Waals surface area contributed by atoms with Crippen LogP contribution in [-0.2, 0) is 15.4 Å². The molecule has 176 valence electrons. The van der Waals surface area contributed by atoms with Crippen molar-refractivity contribution in [2.24, 2.45) is 0 Å². The summed E-state index contributed by atoms with van der Waals surface area (Å²) in [6.45, 7) is 5.93. The van der Waals surface area contributed by atoms with Crippen molar-refractivity contribution in [2.45, 2.75) is 31.1 Å². The molecule has 0 saturated heterocycles. The molecule has 0 bridgehead atoms. The molecule has 0 radical (unpaired) electrons. The Bertz CT molecular complexity index is 1480. The normalized spacial score (nSPS) is 12.0. The molecule has 2 heterocycles. The molecule has 0 aliphatic rings. The molecule has 4 aromatic rings. The van der Waals surface area contributed by atoms with Gasteiger partial charge in [-0.1, -0.05) is 39.0 Å². The van der Waals surface area contributed by atoms with Gasteiger partial charge in [-0.05, 0) is 30.3 Å². The molecular weight excluding hydrogens is 480 g/mol. The Balaban J connectivity index is 1.85. The highest BCUT2D eigenvalue weighted by Gasteiger charge is 2.27. The number of hydrogen-bond acceptors (Lipinski definition) is 7. The number of nitrogen functional groups attached to an aromatic ring is 1. The van der Waals surface area contributed by atoms with Crippen molar-refractivity contribution in [2.75, 3.05) is 10.5 Å². The molecule has 2 aromatic heterocycles. The van der Waals surface area contributed by atoms with Gasteiger partial charge in [0.15, 0.2) is 5.82 Å². The van der Waals surface area contributed by atoms with E-state index < -0.39 is 26.6 Å². The maximum atomic E-state index is 15.7. The number of rotatable bonds is 5. The fraction of sp³-hybridized carbons (Fsp3) is 0.174. The Morgan fingerprint density at radius 3 is 2.41 bits per heavy atom. The molecule has 4 rings (SSSR count). The van der Waals surface area contributed by atoms with Crippen LogP contribution in [0.25, 0.3) is 21.8 Å². The van der Waals surface area contributed by atoms with Crippen molar-refractivity contribution in [3.8, 4) is 21.8 Å². The number of sulfonamides is 1. The fourth-order valence-corrected chi connectivity index (χ4v) is 5.40. The van der Waals surface area contributed by atoms with Crippen LogP contribution in [0.15, 0.2) is 59.6 Å². The standard InChI is InChI=1S/C23H21F2N5O2S2/c1-23(2,3)21-29-19(20(33-21)16-11-12-27-22(26)28-16)13-7-6-9-15(18(13)25)30-34(31,32)17-10-5-4-8-14(17)24/h4-12,30H,1-3H3,(H2,26,27,28). The number of nitrogens with one attached hydrogen (secondary N) is 1. The molecule has 0 aliphatic carbocycles. The van der Waals surface area contributed by atoms with Crippen LogP contribution in [0.1, 0.15) is 25.8 Å². The van der Waals surface area contributed by atoms with E-state index in [0.717, 1.165) is 17.1 Å². The van der Waals surface area contributed by atoms with Gasteiger partial charge in [-0.2, -0.15) is 0 Å². The third kappa shape index (κ3) is 4.62. The Morgan fingerprint density at radius 2 is 1.74 bits per heavy atom. The zero-order valence-electron chi connectivity index (χ0n) is 18.5. The van der Waals surface area contributed by atoms with Gasteiger partial charge in [0.1, 0.15) is 10.7 Å². The number of nitrogens with zero attached hydrogens (tertiary/aromatic N) is 3. The average Bonchev–Trinajstić information content (AvgIpc) is 3.21. The van der Waals surface area contributed by atoms with Crippen LogP contribution in [-0.4, -0.2) is 23.4 Å². The molecule has 3 N–H and O–H groups in total. The van der Waals surface area contributed by atoms with Crippen LogP contribution in [0, 0.1) is 11.6 Å². The highest BCUT2D eigenvalue weighted by Crippen LogP contribution is 2.42. The van der Waals surface area contributed by atoms with E-state index in [1.807, 2.05) is 20.8 Å². The van der Waals surface area contributed by atoms with Gasteiger partial charge in [0.25, 0.3) is 10.0 Å². The summed E-state index contributed by atoms with van der Waals surface area (Å²) in [6, 6.07) is 10.8. The summed E-state index contributed by atoms with van der Waals surface area (Å²) in [5.41, 5.74) is 5.90. The van der Waals surface area contributed by atoms with Crippen molar-refractivity contribution in [1.82, 2.24) is 15.0 Å². The molecule has 7 nitrogen and oxygen atoms in total. The van der Waals surface area contributed by atoms with E-state index in [1.54, 1.807) is 6.07 Å². The van der Waals surface area contributed by atoms with Crippen LogP contribution in [0.5, 0.6) is 0 Å². The lowest BCUT2D eigenvalue weighted by Crippen LogP contribution is -2.15. The molecule has 0 fully saturated rings. The van der Waals surface area contributed by atoms with E-state index in [9.17, 15) is 12.8 Å². The lowest BCUT2D eigenvalue weighted by atomic mass is 9.98. The minimum absolute atomic E-state index is 0.0565. The third-order valence-corrected chi connectivity index (χ3v) is 7.70. The van der Waals surface area contributed by atoms with E-state index in [0.29, 0.717) is 10.6 Å². The molecular formula is C23H21F2N5O2S2. The largest absolute Gasteiger partial charge is 0.368 e. The first-order chi connectivity index (χ1) is 16.0. The number of thiazole rings is 1. The van der Waals surface area contributed by atoms with Gasteiger partial charge in [0.2, 0.25) is 5.95 Å². The molecule has 11 heteroatoms. The van der Waals surface area contributed by atoms with Crippen molar-refractivity contribution < 1.29 is 17.2 Å². The van der Waals surface area contributed by atoms with Gasteiger partial charge in [-0.15, -0.1) is 11.3 Å². The van der Waals surface area contributed by atoms with E-state index in [-0.39, 0.29) is 28.3 Å². The van der Waals surface area contributed by atoms with Crippen LogP contribution in [0.2, 0.25) is 0 Å². The lowest BCUT2D eigenvalue weighted by molar-refractivity contribution is 0.569. The van der Waals surface area contributed by atoms with Gasteiger partial charge in [0, 0.05) is 17.2 Å². The van der Waals surface area contributed by atoms with Crippen LogP contribution in [0.4, 0.5) is 20.4 Å². The van der Waals surface area contributed by atoms with Crippen LogP contribution in [0.3, 0.4) is 0 Å². The van der Waals surface area contributed by atoms with Gasteiger partial charge >= 0.3 is 0 Å².